The summed E-state index contributed by atoms with van der Waals surface area (Å²) < 4.78 is 10.7. The normalized spacial score (nSPS) is 10.6. The Bertz CT molecular complexity index is 932. The zero-order valence-electron chi connectivity index (χ0n) is 13.6. The second kappa shape index (κ2) is 7.17. The standard InChI is InChI=1S/C18H15Cl2N3O2/c1-24-11-4-6-17(25-2)12(8-11)16-9-15(22-18(21)23-16)10-3-5-13(19)14(20)7-10/h3-9H,1-2H3,(H2,21,22,23). The van der Waals surface area contributed by atoms with Crippen molar-refractivity contribution in [2.24, 2.45) is 0 Å². The molecule has 25 heavy (non-hydrogen) atoms. The van der Waals surface area contributed by atoms with Gasteiger partial charge in [-0.3, -0.25) is 0 Å². The molecule has 2 N–H and O–H groups in total. The number of nitrogens with zero attached hydrogens (tertiary/aromatic N) is 2. The summed E-state index contributed by atoms with van der Waals surface area (Å²) >= 11 is 12.1. The summed E-state index contributed by atoms with van der Waals surface area (Å²) in [5, 5.41) is 0.916. The molecule has 0 radical (unpaired) electrons. The molecule has 0 unspecified atom stereocenters. The van der Waals surface area contributed by atoms with E-state index in [4.69, 9.17) is 38.4 Å². The zero-order chi connectivity index (χ0) is 18.0. The van der Waals surface area contributed by atoms with Crippen LogP contribution in [0.3, 0.4) is 0 Å². The van der Waals surface area contributed by atoms with Crippen LogP contribution < -0.4 is 15.2 Å². The van der Waals surface area contributed by atoms with Gasteiger partial charge >= 0.3 is 0 Å². The lowest BCUT2D eigenvalue weighted by Gasteiger charge is -2.12. The van der Waals surface area contributed by atoms with Gasteiger partial charge in [-0.25, -0.2) is 9.97 Å². The van der Waals surface area contributed by atoms with Crippen molar-refractivity contribution in [2.45, 2.75) is 0 Å². The maximum absolute atomic E-state index is 6.10. The van der Waals surface area contributed by atoms with E-state index in [2.05, 4.69) is 9.97 Å². The Kier molecular flexibility index (Phi) is 4.97. The van der Waals surface area contributed by atoms with E-state index in [1.54, 1.807) is 26.4 Å². The Morgan fingerprint density at radius 3 is 2.28 bits per heavy atom. The fourth-order valence-corrected chi connectivity index (χ4v) is 2.72. The van der Waals surface area contributed by atoms with Crippen LogP contribution in [-0.2, 0) is 0 Å². The highest BCUT2D eigenvalue weighted by Gasteiger charge is 2.13. The average molecular weight is 376 g/mol. The van der Waals surface area contributed by atoms with Gasteiger partial charge in [0, 0.05) is 11.1 Å². The number of hydrogen-bond acceptors (Lipinski definition) is 5. The third-order valence-corrected chi connectivity index (χ3v) is 4.38. The number of anilines is 1. The van der Waals surface area contributed by atoms with Gasteiger partial charge in [0.1, 0.15) is 11.5 Å². The van der Waals surface area contributed by atoms with Gasteiger partial charge in [0.2, 0.25) is 5.95 Å². The monoisotopic (exact) mass is 375 g/mol. The lowest BCUT2D eigenvalue weighted by Crippen LogP contribution is -2.00. The number of nitrogen functional groups attached to an aromatic ring is 1. The molecule has 0 saturated carbocycles. The number of halogens is 2. The third kappa shape index (κ3) is 3.62. The van der Waals surface area contributed by atoms with Crippen molar-refractivity contribution in [1.82, 2.24) is 9.97 Å². The molecule has 0 atom stereocenters. The van der Waals surface area contributed by atoms with Crippen LogP contribution in [0, 0.1) is 0 Å². The molecule has 7 heteroatoms. The Labute approximate surface area is 155 Å². The van der Waals surface area contributed by atoms with E-state index in [1.165, 1.54) is 0 Å². The first kappa shape index (κ1) is 17.3. The number of aromatic nitrogens is 2. The topological polar surface area (TPSA) is 70.3 Å². The molecule has 5 nitrogen and oxygen atoms in total. The molecule has 1 heterocycles. The van der Waals surface area contributed by atoms with Crippen LogP contribution in [-0.4, -0.2) is 24.2 Å². The van der Waals surface area contributed by atoms with E-state index in [9.17, 15) is 0 Å². The van der Waals surface area contributed by atoms with E-state index < -0.39 is 0 Å². The summed E-state index contributed by atoms with van der Waals surface area (Å²) in [6.45, 7) is 0. The van der Waals surface area contributed by atoms with Crippen molar-refractivity contribution < 1.29 is 9.47 Å². The van der Waals surface area contributed by atoms with E-state index in [0.717, 1.165) is 11.1 Å². The highest BCUT2D eigenvalue weighted by molar-refractivity contribution is 6.42. The van der Waals surface area contributed by atoms with Crippen LogP contribution in [0.15, 0.2) is 42.5 Å². The maximum atomic E-state index is 6.10. The molecule has 128 valence electrons. The molecule has 0 amide bonds. The predicted molar refractivity (Wildman–Crippen MR) is 100 cm³/mol. The van der Waals surface area contributed by atoms with Crippen LogP contribution >= 0.6 is 23.2 Å². The van der Waals surface area contributed by atoms with Crippen LogP contribution in [0.1, 0.15) is 0 Å². The molecule has 3 aromatic rings. The van der Waals surface area contributed by atoms with Gasteiger partial charge in [-0.2, -0.15) is 0 Å². The first-order valence-corrected chi connectivity index (χ1v) is 8.10. The fourth-order valence-electron chi connectivity index (χ4n) is 2.42. The Hall–Kier alpha value is -2.50. The maximum Gasteiger partial charge on any atom is 0.221 e. The van der Waals surface area contributed by atoms with Crippen molar-refractivity contribution in [3.8, 4) is 34.0 Å². The number of methoxy groups -OCH3 is 2. The van der Waals surface area contributed by atoms with Gasteiger partial charge in [0.15, 0.2) is 0 Å². The van der Waals surface area contributed by atoms with Crippen molar-refractivity contribution in [2.75, 3.05) is 20.0 Å². The Morgan fingerprint density at radius 1 is 0.840 bits per heavy atom. The van der Waals surface area contributed by atoms with Gasteiger partial charge in [-0.15, -0.1) is 0 Å². The summed E-state index contributed by atoms with van der Waals surface area (Å²) in [6.07, 6.45) is 0. The van der Waals surface area contributed by atoms with Gasteiger partial charge < -0.3 is 15.2 Å². The minimum Gasteiger partial charge on any atom is -0.497 e. The summed E-state index contributed by atoms with van der Waals surface area (Å²) in [5.74, 6) is 1.48. The van der Waals surface area contributed by atoms with E-state index in [1.807, 2.05) is 30.3 Å². The molecule has 0 aliphatic heterocycles. The molecule has 0 aliphatic rings. The molecule has 0 spiro atoms. The second-order valence-electron chi connectivity index (χ2n) is 5.19. The van der Waals surface area contributed by atoms with Crippen LogP contribution in [0.2, 0.25) is 10.0 Å². The highest BCUT2D eigenvalue weighted by Crippen LogP contribution is 2.35. The van der Waals surface area contributed by atoms with Gasteiger partial charge in [-0.1, -0.05) is 29.3 Å². The SMILES string of the molecule is COc1ccc(OC)c(-c2cc(-c3ccc(Cl)c(Cl)c3)nc(N)n2)c1. The third-order valence-electron chi connectivity index (χ3n) is 3.64. The molecular formula is C18H15Cl2N3O2. The zero-order valence-corrected chi connectivity index (χ0v) is 15.1. The Morgan fingerprint density at radius 2 is 1.60 bits per heavy atom. The minimum atomic E-state index is 0.142. The van der Waals surface area contributed by atoms with Crippen molar-refractivity contribution in [3.63, 3.8) is 0 Å². The summed E-state index contributed by atoms with van der Waals surface area (Å²) in [5.41, 5.74) is 8.69. The van der Waals surface area contributed by atoms with E-state index in [0.29, 0.717) is 32.9 Å². The molecular weight excluding hydrogens is 361 g/mol. The minimum absolute atomic E-state index is 0.142. The average Bonchev–Trinajstić information content (AvgIpc) is 2.62. The number of rotatable bonds is 4. The van der Waals surface area contributed by atoms with E-state index >= 15 is 0 Å². The van der Waals surface area contributed by atoms with Crippen LogP contribution in [0.4, 0.5) is 5.95 Å². The predicted octanol–water partition coefficient (Wildman–Crippen LogP) is 4.72. The van der Waals surface area contributed by atoms with Gasteiger partial charge in [0.05, 0.1) is 35.7 Å². The second-order valence-corrected chi connectivity index (χ2v) is 6.01. The van der Waals surface area contributed by atoms with Crippen LogP contribution in [0.25, 0.3) is 22.5 Å². The van der Waals surface area contributed by atoms with Crippen molar-refractivity contribution >= 4 is 29.2 Å². The summed E-state index contributed by atoms with van der Waals surface area (Å²) in [4.78, 5) is 8.62. The lowest BCUT2D eigenvalue weighted by molar-refractivity contribution is 0.404. The number of benzene rings is 2. The van der Waals surface area contributed by atoms with Gasteiger partial charge in [0.25, 0.3) is 0 Å². The smallest absolute Gasteiger partial charge is 0.221 e. The summed E-state index contributed by atoms with van der Waals surface area (Å²) in [7, 11) is 3.19. The molecule has 0 saturated heterocycles. The first-order valence-electron chi connectivity index (χ1n) is 7.34. The highest BCUT2D eigenvalue weighted by atomic mass is 35.5. The first-order chi connectivity index (χ1) is 12.0. The Balaban J connectivity index is 2.16. The van der Waals surface area contributed by atoms with Crippen LogP contribution in [0.5, 0.6) is 11.5 Å². The summed E-state index contributed by atoms with van der Waals surface area (Å²) in [6, 6.07) is 12.5. The number of nitrogens with two attached hydrogens (primary N) is 1. The molecule has 2 aromatic carbocycles. The fraction of sp³-hybridized carbons (Fsp3) is 0.111. The van der Waals surface area contributed by atoms with Crippen molar-refractivity contribution in [3.05, 3.63) is 52.5 Å². The number of hydrogen-bond donors (Lipinski definition) is 1. The molecule has 0 fully saturated rings. The number of ether oxygens (including phenoxy) is 2. The lowest BCUT2D eigenvalue weighted by atomic mass is 10.1. The molecule has 0 bridgehead atoms. The van der Waals surface area contributed by atoms with E-state index in [-0.39, 0.29) is 5.95 Å². The quantitative estimate of drug-likeness (QED) is 0.714. The molecule has 3 rings (SSSR count). The molecule has 1 aromatic heterocycles. The molecule has 0 aliphatic carbocycles. The largest absolute Gasteiger partial charge is 0.497 e. The van der Waals surface area contributed by atoms with Crippen molar-refractivity contribution in [1.29, 1.82) is 0 Å². The van der Waals surface area contributed by atoms with Gasteiger partial charge in [-0.05, 0) is 36.4 Å².